The number of benzene rings is 1. The van der Waals surface area contributed by atoms with E-state index in [-0.39, 0.29) is 17.9 Å². The largest absolute Gasteiger partial charge is 0.390 e. The van der Waals surface area contributed by atoms with Crippen LogP contribution in [0.2, 0.25) is 10.0 Å². The molecule has 1 aromatic carbocycles. The van der Waals surface area contributed by atoms with Crippen molar-refractivity contribution in [1.29, 1.82) is 0 Å². The highest BCUT2D eigenvalue weighted by molar-refractivity contribution is 6.42. The standard InChI is InChI=1S/C17H20Cl2N2O2/c1-4-7-21(17(22)11(2)3)10-13-9-16(20-23-13)12-5-6-14(18)15(19)8-12/h4-6,8,11,13H,1,7,9-10H2,2-3H3/t13-/m1/s1. The van der Waals surface area contributed by atoms with Gasteiger partial charge in [0, 0.05) is 24.4 Å². The minimum atomic E-state index is -0.165. The van der Waals surface area contributed by atoms with E-state index in [4.69, 9.17) is 28.0 Å². The molecule has 1 aliphatic heterocycles. The summed E-state index contributed by atoms with van der Waals surface area (Å²) in [6.07, 6.45) is 2.18. The Balaban J connectivity index is 2.01. The van der Waals surface area contributed by atoms with Crippen LogP contribution in [0, 0.1) is 5.92 Å². The summed E-state index contributed by atoms with van der Waals surface area (Å²) < 4.78 is 0. The first-order valence-electron chi connectivity index (χ1n) is 7.50. The zero-order valence-electron chi connectivity index (χ0n) is 13.3. The molecule has 0 N–H and O–H groups in total. The molecule has 6 heteroatoms. The Morgan fingerprint density at radius 2 is 2.22 bits per heavy atom. The van der Waals surface area contributed by atoms with Gasteiger partial charge in [0.25, 0.3) is 0 Å². The topological polar surface area (TPSA) is 41.9 Å². The molecule has 1 aromatic rings. The molecule has 1 heterocycles. The molecule has 4 nitrogen and oxygen atoms in total. The van der Waals surface area contributed by atoms with E-state index in [1.807, 2.05) is 19.9 Å². The van der Waals surface area contributed by atoms with Crippen LogP contribution >= 0.6 is 23.2 Å². The molecule has 1 amide bonds. The number of carbonyl (C=O) groups excluding carboxylic acids is 1. The van der Waals surface area contributed by atoms with Crippen molar-refractivity contribution in [2.75, 3.05) is 13.1 Å². The smallest absolute Gasteiger partial charge is 0.225 e. The summed E-state index contributed by atoms with van der Waals surface area (Å²) in [4.78, 5) is 19.4. The minimum Gasteiger partial charge on any atom is -0.390 e. The highest BCUT2D eigenvalue weighted by Gasteiger charge is 2.27. The second-order valence-corrected chi connectivity index (χ2v) is 6.60. The fourth-order valence-electron chi connectivity index (χ4n) is 2.39. The molecular formula is C17H20Cl2N2O2. The molecule has 124 valence electrons. The number of rotatable bonds is 6. The minimum absolute atomic E-state index is 0.0631. The summed E-state index contributed by atoms with van der Waals surface area (Å²) in [6, 6.07) is 5.37. The third kappa shape index (κ3) is 4.49. The summed E-state index contributed by atoms with van der Waals surface area (Å²) >= 11 is 12.0. The van der Waals surface area contributed by atoms with Gasteiger partial charge in [0.1, 0.15) is 0 Å². The fourth-order valence-corrected chi connectivity index (χ4v) is 2.69. The molecular weight excluding hydrogens is 335 g/mol. The molecule has 0 aromatic heterocycles. The van der Waals surface area contributed by atoms with E-state index in [0.29, 0.717) is 29.6 Å². The maximum absolute atomic E-state index is 12.2. The van der Waals surface area contributed by atoms with Crippen molar-refractivity contribution in [3.8, 4) is 0 Å². The maximum Gasteiger partial charge on any atom is 0.225 e. The van der Waals surface area contributed by atoms with Crippen LogP contribution in [0.4, 0.5) is 0 Å². The average Bonchev–Trinajstić information content (AvgIpc) is 2.97. The molecule has 0 unspecified atom stereocenters. The number of carbonyl (C=O) groups is 1. The Bertz CT molecular complexity index is 629. The maximum atomic E-state index is 12.2. The van der Waals surface area contributed by atoms with Gasteiger partial charge in [0.2, 0.25) is 5.91 Å². The zero-order valence-corrected chi connectivity index (χ0v) is 14.8. The Kier molecular flexibility index (Phi) is 6.08. The number of amides is 1. The van der Waals surface area contributed by atoms with Crippen molar-refractivity contribution < 1.29 is 9.63 Å². The van der Waals surface area contributed by atoms with E-state index in [1.165, 1.54) is 0 Å². The van der Waals surface area contributed by atoms with E-state index in [9.17, 15) is 4.79 Å². The van der Waals surface area contributed by atoms with Crippen LogP contribution in [0.3, 0.4) is 0 Å². The van der Waals surface area contributed by atoms with Gasteiger partial charge in [0.15, 0.2) is 6.10 Å². The molecule has 0 saturated heterocycles. The molecule has 0 saturated carbocycles. The summed E-state index contributed by atoms with van der Waals surface area (Å²) in [5.74, 6) is 0.0169. The van der Waals surface area contributed by atoms with Crippen molar-refractivity contribution in [2.45, 2.75) is 26.4 Å². The Hall–Kier alpha value is -1.52. The first-order chi connectivity index (χ1) is 10.9. The van der Waals surface area contributed by atoms with Crippen molar-refractivity contribution in [3.05, 3.63) is 46.5 Å². The molecule has 0 radical (unpaired) electrons. The van der Waals surface area contributed by atoms with Gasteiger partial charge in [-0.2, -0.15) is 0 Å². The quantitative estimate of drug-likeness (QED) is 0.719. The summed E-state index contributed by atoms with van der Waals surface area (Å²) in [5.41, 5.74) is 1.69. The normalized spacial score (nSPS) is 16.9. The molecule has 0 bridgehead atoms. The van der Waals surface area contributed by atoms with Gasteiger partial charge >= 0.3 is 0 Å². The van der Waals surface area contributed by atoms with Gasteiger partial charge in [-0.15, -0.1) is 6.58 Å². The van der Waals surface area contributed by atoms with E-state index in [1.54, 1.807) is 23.1 Å². The number of hydrogen-bond donors (Lipinski definition) is 0. The Morgan fingerprint density at radius 3 is 2.83 bits per heavy atom. The average molecular weight is 355 g/mol. The van der Waals surface area contributed by atoms with Crippen LogP contribution in [0.5, 0.6) is 0 Å². The van der Waals surface area contributed by atoms with Crippen LogP contribution in [-0.2, 0) is 9.63 Å². The van der Waals surface area contributed by atoms with Crippen LogP contribution in [0.25, 0.3) is 0 Å². The first-order valence-corrected chi connectivity index (χ1v) is 8.25. The lowest BCUT2D eigenvalue weighted by Gasteiger charge is -2.25. The third-order valence-electron chi connectivity index (χ3n) is 3.56. The molecule has 0 spiro atoms. The predicted octanol–water partition coefficient (Wildman–Crippen LogP) is 4.16. The van der Waals surface area contributed by atoms with Gasteiger partial charge in [-0.05, 0) is 12.1 Å². The molecule has 0 aliphatic carbocycles. The fraction of sp³-hybridized carbons (Fsp3) is 0.412. The van der Waals surface area contributed by atoms with Gasteiger partial charge in [0.05, 0.1) is 22.3 Å². The van der Waals surface area contributed by atoms with Crippen molar-refractivity contribution in [2.24, 2.45) is 11.1 Å². The molecule has 0 fully saturated rings. The van der Waals surface area contributed by atoms with Gasteiger partial charge in [-0.1, -0.05) is 54.3 Å². The van der Waals surface area contributed by atoms with Crippen molar-refractivity contribution in [1.82, 2.24) is 4.90 Å². The monoisotopic (exact) mass is 354 g/mol. The number of oxime groups is 1. The van der Waals surface area contributed by atoms with Crippen LogP contribution < -0.4 is 0 Å². The number of halogens is 2. The van der Waals surface area contributed by atoms with E-state index in [2.05, 4.69) is 11.7 Å². The molecule has 2 rings (SSSR count). The zero-order chi connectivity index (χ0) is 17.0. The molecule has 1 atom stereocenters. The third-order valence-corrected chi connectivity index (χ3v) is 4.30. The first kappa shape index (κ1) is 17.8. The predicted molar refractivity (Wildman–Crippen MR) is 94.1 cm³/mol. The lowest BCUT2D eigenvalue weighted by atomic mass is 10.0. The highest BCUT2D eigenvalue weighted by atomic mass is 35.5. The van der Waals surface area contributed by atoms with Gasteiger partial charge in [-0.3, -0.25) is 4.79 Å². The van der Waals surface area contributed by atoms with E-state index < -0.39 is 0 Å². The van der Waals surface area contributed by atoms with Crippen molar-refractivity contribution in [3.63, 3.8) is 0 Å². The summed E-state index contributed by atoms with van der Waals surface area (Å²) in [6.45, 7) is 8.45. The van der Waals surface area contributed by atoms with Gasteiger partial charge < -0.3 is 9.74 Å². The highest BCUT2D eigenvalue weighted by Crippen LogP contribution is 2.25. The summed E-state index contributed by atoms with van der Waals surface area (Å²) in [7, 11) is 0. The van der Waals surface area contributed by atoms with E-state index in [0.717, 1.165) is 11.3 Å². The Labute approximate surface area is 146 Å². The number of nitrogens with zero attached hydrogens (tertiary/aromatic N) is 2. The van der Waals surface area contributed by atoms with Crippen LogP contribution in [-0.4, -0.2) is 35.7 Å². The summed E-state index contributed by atoms with van der Waals surface area (Å²) in [5, 5.41) is 5.12. The Morgan fingerprint density at radius 1 is 1.48 bits per heavy atom. The SMILES string of the molecule is C=CCN(C[C@H]1CC(c2ccc(Cl)c(Cl)c2)=NO1)C(=O)C(C)C. The van der Waals surface area contributed by atoms with Gasteiger partial charge in [-0.25, -0.2) is 0 Å². The number of hydrogen-bond acceptors (Lipinski definition) is 3. The lowest BCUT2D eigenvalue weighted by Crippen LogP contribution is -2.40. The second kappa shape index (κ2) is 7.84. The van der Waals surface area contributed by atoms with E-state index >= 15 is 0 Å². The second-order valence-electron chi connectivity index (χ2n) is 5.79. The van der Waals surface area contributed by atoms with Crippen molar-refractivity contribution >= 4 is 34.8 Å². The molecule has 23 heavy (non-hydrogen) atoms. The van der Waals surface area contributed by atoms with Crippen LogP contribution in [0.15, 0.2) is 36.0 Å². The molecule has 1 aliphatic rings. The lowest BCUT2D eigenvalue weighted by molar-refractivity contribution is -0.135. The van der Waals surface area contributed by atoms with Crippen LogP contribution in [0.1, 0.15) is 25.8 Å².